The number of aryl methyl sites for hydroxylation is 4. The van der Waals surface area contributed by atoms with Crippen LogP contribution in [0.1, 0.15) is 36.8 Å². The average molecular weight is 451 g/mol. The van der Waals surface area contributed by atoms with Crippen LogP contribution in [-0.2, 0) is 26.9 Å². The second kappa shape index (κ2) is 11.6. The Labute approximate surface area is 185 Å². The molecule has 2 aromatic heterocycles. The first-order valence-electron chi connectivity index (χ1n) is 10.2. The number of unbranched alkanes of at least 4 members (excludes halogenated alkanes) is 2. The predicted molar refractivity (Wildman–Crippen MR) is 120 cm³/mol. The Morgan fingerprint density at radius 1 is 0.733 bits per heavy atom. The lowest BCUT2D eigenvalue weighted by atomic mass is 9.98. The van der Waals surface area contributed by atoms with Gasteiger partial charge in [-0.15, -0.1) is 0 Å². The van der Waals surface area contributed by atoms with Gasteiger partial charge in [0.25, 0.3) is 0 Å². The van der Waals surface area contributed by atoms with E-state index in [0.717, 1.165) is 60.3 Å². The van der Waals surface area contributed by atoms with Gasteiger partial charge in [-0.25, -0.2) is 0 Å². The van der Waals surface area contributed by atoms with E-state index in [1.165, 1.54) is 23.5 Å². The third-order valence-corrected chi connectivity index (χ3v) is 7.13. The standard InChI is InChI=1S/C22H28F2N4S2/c1-27-15-19(23)25-21(27)29-13-7-5-11-17-9-3-4-10-18(17)12-6-8-14-30-22-26-20(24)16-28(22)2/h3-4,9-10,15-16H,5-8,11-14H2,1-2H3. The highest BCUT2D eigenvalue weighted by molar-refractivity contribution is 7.99. The Morgan fingerprint density at radius 3 is 1.53 bits per heavy atom. The molecule has 4 nitrogen and oxygen atoms in total. The predicted octanol–water partition coefficient (Wildman–Crippen LogP) is 5.66. The van der Waals surface area contributed by atoms with Crippen molar-refractivity contribution in [1.82, 2.24) is 19.1 Å². The molecule has 0 aliphatic rings. The normalized spacial score (nSPS) is 11.3. The lowest BCUT2D eigenvalue weighted by molar-refractivity contribution is 0.584. The molecule has 0 saturated carbocycles. The molecule has 162 valence electrons. The van der Waals surface area contributed by atoms with Gasteiger partial charge >= 0.3 is 0 Å². The third kappa shape index (κ3) is 6.87. The topological polar surface area (TPSA) is 35.6 Å². The fourth-order valence-corrected chi connectivity index (χ4v) is 5.18. The molecule has 0 unspecified atom stereocenters. The number of benzene rings is 1. The first-order chi connectivity index (χ1) is 14.5. The van der Waals surface area contributed by atoms with Crippen LogP contribution in [0.25, 0.3) is 0 Å². The van der Waals surface area contributed by atoms with E-state index < -0.39 is 11.9 Å². The van der Waals surface area contributed by atoms with Crippen LogP contribution in [0.3, 0.4) is 0 Å². The van der Waals surface area contributed by atoms with E-state index in [1.54, 1.807) is 32.7 Å². The zero-order valence-corrected chi connectivity index (χ0v) is 19.1. The molecule has 0 radical (unpaired) electrons. The monoisotopic (exact) mass is 450 g/mol. The minimum absolute atomic E-state index is 0.417. The van der Waals surface area contributed by atoms with Crippen molar-refractivity contribution in [3.8, 4) is 0 Å². The van der Waals surface area contributed by atoms with Crippen LogP contribution in [0.5, 0.6) is 0 Å². The van der Waals surface area contributed by atoms with Crippen LogP contribution in [0.15, 0.2) is 47.0 Å². The summed E-state index contributed by atoms with van der Waals surface area (Å²) in [7, 11) is 3.64. The molecule has 0 saturated heterocycles. The molecular weight excluding hydrogens is 422 g/mol. The summed E-state index contributed by atoms with van der Waals surface area (Å²) in [5.74, 6) is 1.05. The number of rotatable bonds is 12. The summed E-state index contributed by atoms with van der Waals surface area (Å²) in [5.41, 5.74) is 2.84. The summed E-state index contributed by atoms with van der Waals surface area (Å²) in [5, 5.41) is 1.47. The van der Waals surface area contributed by atoms with Crippen LogP contribution in [0.4, 0.5) is 8.78 Å². The Kier molecular flexibility index (Phi) is 8.81. The van der Waals surface area contributed by atoms with Crippen molar-refractivity contribution in [2.24, 2.45) is 14.1 Å². The van der Waals surface area contributed by atoms with E-state index in [2.05, 4.69) is 34.2 Å². The van der Waals surface area contributed by atoms with Gasteiger partial charge in [0.1, 0.15) is 0 Å². The Hall–Kier alpha value is -1.80. The summed E-state index contributed by atoms with van der Waals surface area (Å²) in [6, 6.07) is 8.66. The molecule has 0 bridgehead atoms. The van der Waals surface area contributed by atoms with Crippen molar-refractivity contribution >= 4 is 23.5 Å². The molecular formula is C22H28F2N4S2. The first-order valence-corrected chi connectivity index (χ1v) is 12.2. The van der Waals surface area contributed by atoms with Gasteiger partial charge in [0.2, 0.25) is 11.9 Å². The van der Waals surface area contributed by atoms with Crippen molar-refractivity contribution in [3.05, 3.63) is 59.7 Å². The summed E-state index contributed by atoms with van der Waals surface area (Å²) < 4.78 is 29.7. The smallest absolute Gasteiger partial charge is 0.231 e. The van der Waals surface area contributed by atoms with Crippen LogP contribution in [0.2, 0.25) is 0 Å². The van der Waals surface area contributed by atoms with E-state index in [0.29, 0.717) is 0 Å². The molecule has 0 aliphatic heterocycles. The van der Waals surface area contributed by atoms with E-state index >= 15 is 0 Å². The highest BCUT2D eigenvalue weighted by Gasteiger charge is 2.07. The van der Waals surface area contributed by atoms with E-state index in [9.17, 15) is 8.78 Å². The summed E-state index contributed by atoms with van der Waals surface area (Å²) >= 11 is 3.21. The van der Waals surface area contributed by atoms with Gasteiger partial charge in [-0.3, -0.25) is 0 Å². The van der Waals surface area contributed by atoms with Crippen molar-refractivity contribution in [1.29, 1.82) is 0 Å². The fraction of sp³-hybridized carbons (Fsp3) is 0.455. The SMILES string of the molecule is Cn1cc(F)nc1SCCCCc1ccccc1CCCCSc1nc(F)cn1C. The number of nitrogens with zero attached hydrogens (tertiary/aromatic N) is 4. The summed E-state index contributed by atoms with van der Waals surface area (Å²) in [6.45, 7) is 0. The lowest BCUT2D eigenvalue weighted by Gasteiger charge is -2.09. The molecule has 0 aliphatic carbocycles. The molecule has 30 heavy (non-hydrogen) atoms. The van der Waals surface area contributed by atoms with Gasteiger partial charge in [-0.05, 0) is 49.7 Å². The maximum Gasteiger partial charge on any atom is 0.231 e. The number of hydrogen-bond donors (Lipinski definition) is 0. The molecule has 8 heteroatoms. The van der Waals surface area contributed by atoms with Crippen molar-refractivity contribution < 1.29 is 8.78 Å². The van der Waals surface area contributed by atoms with E-state index in [-0.39, 0.29) is 0 Å². The molecule has 3 aromatic rings. The van der Waals surface area contributed by atoms with Crippen molar-refractivity contribution in [2.45, 2.75) is 48.8 Å². The van der Waals surface area contributed by atoms with E-state index in [4.69, 9.17) is 0 Å². The number of aromatic nitrogens is 4. The van der Waals surface area contributed by atoms with Crippen molar-refractivity contribution in [3.63, 3.8) is 0 Å². The molecule has 1 aromatic carbocycles. The van der Waals surface area contributed by atoms with Crippen molar-refractivity contribution in [2.75, 3.05) is 11.5 Å². The second-order valence-corrected chi connectivity index (χ2v) is 9.42. The lowest BCUT2D eigenvalue weighted by Crippen LogP contribution is -1.97. The minimum Gasteiger partial charge on any atom is -0.326 e. The quantitative estimate of drug-likeness (QED) is 0.263. The second-order valence-electron chi connectivity index (χ2n) is 7.29. The zero-order chi connectivity index (χ0) is 21.3. The van der Waals surface area contributed by atoms with Gasteiger partial charge < -0.3 is 9.13 Å². The first kappa shape index (κ1) is 22.9. The Morgan fingerprint density at radius 2 is 1.17 bits per heavy atom. The van der Waals surface area contributed by atoms with Gasteiger partial charge in [-0.2, -0.15) is 18.7 Å². The molecule has 3 rings (SSSR count). The molecule has 0 atom stereocenters. The van der Waals surface area contributed by atoms with Gasteiger partial charge in [0.15, 0.2) is 10.3 Å². The molecule has 0 amide bonds. The van der Waals surface area contributed by atoms with Gasteiger partial charge in [0, 0.05) is 25.6 Å². The van der Waals surface area contributed by atoms with Crippen LogP contribution >= 0.6 is 23.5 Å². The molecule has 0 spiro atoms. The molecule has 0 N–H and O–H groups in total. The maximum absolute atomic E-state index is 13.1. The zero-order valence-electron chi connectivity index (χ0n) is 17.5. The third-order valence-electron chi connectivity index (χ3n) is 4.87. The summed E-state index contributed by atoms with van der Waals surface area (Å²) in [4.78, 5) is 7.78. The number of hydrogen-bond acceptors (Lipinski definition) is 4. The highest BCUT2D eigenvalue weighted by atomic mass is 32.2. The van der Waals surface area contributed by atoms with Gasteiger partial charge in [-0.1, -0.05) is 47.8 Å². The Balaban J connectivity index is 1.35. The average Bonchev–Trinajstić information content (AvgIpc) is 3.21. The van der Waals surface area contributed by atoms with Gasteiger partial charge in [0.05, 0.1) is 12.4 Å². The highest BCUT2D eigenvalue weighted by Crippen LogP contribution is 2.21. The van der Waals surface area contributed by atoms with E-state index in [1.807, 2.05) is 14.1 Å². The summed E-state index contributed by atoms with van der Waals surface area (Å²) in [6.07, 6.45) is 9.31. The largest absolute Gasteiger partial charge is 0.326 e. The number of imidazole rings is 2. The van der Waals surface area contributed by atoms with Crippen LogP contribution in [-0.4, -0.2) is 30.6 Å². The van der Waals surface area contributed by atoms with Crippen LogP contribution < -0.4 is 0 Å². The number of thioether (sulfide) groups is 2. The fourth-order valence-electron chi connectivity index (χ4n) is 3.30. The number of halogens is 2. The molecule has 0 fully saturated rings. The maximum atomic E-state index is 13.1. The molecule has 2 heterocycles. The van der Waals surface area contributed by atoms with Crippen LogP contribution in [0, 0.1) is 11.9 Å². The minimum atomic E-state index is -0.417. The Bertz CT molecular complexity index is 864.